The normalized spacial score (nSPS) is 19.0. The Bertz CT molecular complexity index is 934. The summed E-state index contributed by atoms with van der Waals surface area (Å²) in [5.41, 5.74) is -0.438. The summed E-state index contributed by atoms with van der Waals surface area (Å²) in [6.07, 6.45) is 4.96. The molecule has 2 heterocycles. The van der Waals surface area contributed by atoms with E-state index in [0.717, 1.165) is 37.4 Å². The first-order valence-corrected chi connectivity index (χ1v) is 9.80. The Morgan fingerprint density at radius 2 is 1.88 bits per heavy atom. The molecule has 2 N–H and O–H groups in total. The molecular formula is C17H21N3O4S. The standard InChI is InChI=1S/C17H21N3O4S/c21-16-15(12-18-17(22)19-16)25(23,24)20-11-5-4-8-14(20)10-9-13-6-2-1-3-7-13/h1-3,6-7,12,14H,4-5,8-11H2,(H2,18,19,21,22). The lowest BCUT2D eigenvalue weighted by molar-refractivity contribution is 0.240. The third-order valence-electron chi connectivity index (χ3n) is 4.55. The van der Waals surface area contributed by atoms with E-state index < -0.39 is 26.2 Å². The average Bonchev–Trinajstić information content (AvgIpc) is 2.61. The van der Waals surface area contributed by atoms with Gasteiger partial charge in [-0.05, 0) is 31.2 Å². The molecule has 2 aromatic rings. The van der Waals surface area contributed by atoms with Crippen LogP contribution in [0.25, 0.3) is 0 Å². The van der Waals surface area contributed by atoms with E-state index in [1.165, 1.54) is 4.31 Å². The van der Waals surface area contributed by atoms with E-state index in [1.54, 1.807) is 0 Å². The molecule has 1 aromatic carbocycles. The number of piperidine rings is 1. The zero-order valence-electron chi connectivity index (χ0n) is 13.8. The van der Waals surface area contributed by atoms with Crippen molar-refractivity contribution >= 4 is 10.0 Å². The number of aromatic amines is 2. The van der Waals surface area contributed by atoms with Crippen molar-refractivity contribution in [2.45, 2.75) is 43.0 Å². The van der Waals surface area contributed by atoms with Gasteiger partial charge in [0.1, 0.15) is 0 Å². The first-order valence-electron chi connectivity index (χ1n) is 8.36. The Kier molecular flexibility index (Phi) is 5.19. The zero-order valence-corrected chi connectivity index (χ0v) is 14.6. The van der Waals surface area contributed by atoms with E-state index in [2.05, 4.69) is 4.98 Å². The highest BCUT2D eigenvalue weighted by molar-refractivity contribution is 7.89. The fourth-order valence-electron chi connectivity index (χ4n) is 3.27. The second-order valence-corrected chi connectivity index (χ2v) is 8.08. The average molecular weight is 363 g/mol. The van der Waals surface area contributed by atoms with Crippen molar-refractivity contribution in [2.24, 2.45) is 0 Å². The maximum Gasteiger partial charge on any atom is 0.325 e. The molecule has 1 aliphatic heterocycles. The van der Waals surface area contributed by atoms with Crippen molar-refractivity contribution in [1.29, 1.82) is 0 Å². The zero-order chi connectivity index (χ0) is 17.9. The summed E-state index contributed by atoms with van der Waals surface area (Å²) in [6.45, 7) is 0.389. The second kappa shape index (κ2) is 7.37. The number of rotatable bonds is 5. The number of benzene rings is 1. The number of aromatic nitrogens is 2. The number of H-pyrrole nitrogens is 2. The predicted octanol–water partition coefficient (Wildman–Crippen LogP) is 1.24. The minimum atomic E-state index is -3.94. The van der Waals surface area contributed by atoms with Gasteiger partial charge in [0.2, 0.25) is 10.0 Å². The molecule has 7 nitrogen and oxygen atoms in total. The summed E-state index contributed by atoms with van der Waals surface area (Å²) in [6, 6.07) is 9.77. The minimum Gasteiger partial charge on any atom is -0.313 e. The van der Waals surface area contributed by atoms with Crippen LogP contribution in [0, 0.1) is 0 Å². The summed E-state index contributed by atoms with van der Waals surface area (Å²) in [5, 5.41) is 0. The summed E-state index contributed by atoms with van der Waals surface area (Å²) < 4.78 is 27.3. The maximum absolute atomic E-state index is 12.9. The number of aryl methyl sites for hydroxylation is 1. The molecule has 1 saturated heterocycles. The summed E-state index contributed by atoms with van der Waals surface area (Å²) >= 11 is 0. The van der Waals surface area contributed by atoms with Gasteiger partial charge in [-0.25, -0.2) is 13.2 Å². The number of hydrogen-bond donors (Lipinski definition) is 2. The van der Waals surface area contributed by atoms with Crippen molar-refractivity contribution in [3.63, 3.8) is 0 Å². The van der Waals surface area contributed by atoms with Crippen LogP contribution in [0.1, 0.15) is 31.2 Å². The smallest absolute Gasteiger partial charge is 0.313 e. The van der Waals surface area contributed by atoms with Crippen LogP contribution in [0.5, 0.6) is 0 Å². The third-order valence-corrected chi connectivity index (χ3v) is 6.51. The number of sulfonamides is 1. The molecule has 1 unspecified atom stereocenters. The van der Waals surface area contributed by atoms with E-state index >= 15 is 0 Å². The molecule has 1 atom stereocenters. The van der Waals surface area contributed by atoms with Crippen LogP contribution in [-0.4, -0.2) is 35.3 Å². The van der Waals surface area contributed by atoms with Gasteiger partial charge in [0.05, 0.1) is 0 Å². The van der Waals surface area contributed by atoms with Crippen LogP contribution in [0.4, 0.5) is 0 Å². The highest BCUT2D eigenvalue weighted by atomic mass is 32.2. The molecule has 1 aromatic heterocycles. The summed E-state index contributed by atoms with van der Waals surface area (Å²) in [5.74, 6) is 0. The van der Waals surface area contributed by atoms with Crippen LogP contribution < -0.4 is 11.2 Å². The largest absolute Gasteiger partial charge is 0.325 e. The SMILES string of the molecule is O=c1[nH]cc(S(=O)(=O)N2CCCCC2CCc2ccccc2)c(=O)[nH]1. The lowest BCUT2D eigenvalue weighted by Gasteiger charge is -2.34. The fourth-order valence-corrected chi connectivity index (χ4v) is 4.99. The molecule has 3 rings (SSSR count). The van der Waals surface area contributed by atoms with E-state index in [4.69, 9.17) is 0 Å². The van der Waals surface area contributed by atoms with Gasteiger partial charge in [0.15, 0.2) is 4.90 Å². The van der Waals surface area contributed by atoms with Crippen LogP contribution in [0.3, 0.4) is 0 Å². The van der Waals surface area contributed by atoms with Gasteiger partial charge in [0, 0.05) is 18.8 Å². The van der Waals surface area contributed by atoms with Crippen molar-refractivity contribution in [3.05, 3.63) is 62.9 Å². The molecule has 134 valence electrons. The Labute approximate surface area is 145 Å². The van der Waals surface area contributed by atoms with Crippen molar-refractivity contribution in [2.75, 3.05) is 6.54 Å². The molecule has 0 saturated carbocycles. The lowest BCUT2D eigenvalue weighted by atomic mass is 9.98. The molecule has 8 heteroatoms. The molecule has 0 bridgehead atoms. The third kappa shape index (κ3) is 3.91. The van der Waals surface area contributed by atoms with Gasteiger partial charge in [-0.2, -0.15) is 4.31 Å². The molecule has 0 aliphatic carbocycles. The number of nitrogens with one attached hydrogen (secondary N) is 2. The number of hydrogen-bond acceptors (Lipinski definition) is 4. The van der Waals surface area contributed by atoms with Gasteiger partial charge in [-0.3, -0.25) is 9.78 Å². The summed E-state index contributed by atoms with van der Waals surface area (Å²) in [4.78, 5) is 26.9. The minimum absolute atomic E-state index is 0.148. The molecular weight excluding hydrogens is 342 g/mol. The maximum atomic E-state index is 12.9. The van der Waals surface area contributed by atoms with Crippen LogP contribution in [0.2, 0.25) is 0 Å². The first kappa shape index (κ1) is 17.6. The van der Waals surface area contributed by atoms with Gasteiger partial charge >= 0.3 is 5.69 Å². The van der Waals surface area contributed by atoms with Crippen LogP contribution in [0.15, 0.2) is 51.0 Å². The highest BCUT2D eigenvalue weighted by Crippen LogP contribution is 2.26. The molecule has 0 radical (unpaired) electrons. The van der Waals surface area contributed by atoms with Crippen molar-refractivity contribution in [3.8, 4) is 0 Å². The highest BCUT2D eigenvalue weighted by Gasteiger charge is 2.34. The molecule has 1 fully saturated rings. The molecule has 0 amide bonds. The van der Waals surface area contributed by atoms with E-state index in [9.17, 15) is 18.0 Å². The van der Waals surface area contributed by atoms with Crippen molar-refractivity contribution in [1.82, 2.24) is 14.3 Å². The topological polar surface area (TPSA) is 103 Å². The monoisotopic (exact) mass is 363 g/mol. The van der Waals surface area contributed by atoms with Crippen molar-refractivity contribution < 1.29 is 8.42 Å². The van der Waals surface area contributed by atoms with Gasteiger partial charge in [-0.1, -0.05) is 36.8 Å². The lowest BCUT2D eigenvalue weighted by Crippen LogP contribution is -2.45. The second-order valence-electron chi connectivity index (χ2n) is 6.23. The van der Waals surface area contributed by atoms with E-state index in [0.29, 0.717) is 13.0 Å². The van der Waals surface area contributed by atoms with Gasteiger partial charge < -0.3 is 4.98 Å². The Morgan fingerprint density at radius 1 is 1.12 bits per heavy atom. The van der Waals surface area contributed by atoms with Crippen LogP contribution in [-0.2, 0) is 16.4 Å². The molecule has 0 spiro atoms. The van der Waals surface area contributed by atoms with Gasteiger partial charge in [0.25, 0.3) is 5.56 Å². The Balaban J connectivity index is 1.84. The Morgan fingerprint density at radius 3 is 2.60 bits per heavy atom. The van der Waals surface area contributed by atoms with Gasteiger partial charge in [-0.15, -0.1) is 0 Å². The predicted molar refractivity (Wildman–Crippen MR) is 94.0 cm³/mol. The quantitative estimate of drug-likeness (QED) is 0.834. The summed E-state index contributed by atoms with van der Waals surface area (Å²) in [7, 11) is -3.94. The number of nitrogens with zero attached hydrogens (tertiary/aromatic N) is 1. The van der Waals surface area contributed by atoms with Crippen LogP contribution >= 0.6 is 0 Å². The fraction of sp³-hybridized carbons (Fsp3) is 0.412. The van der Waals surface area contributed by atoms with E-state index in [-0.39, 0.29) is 6.04 Å². The van der Waals surface area contributed by atoms with E-state index in [1.807, 2.05) is 35.3 Å². The molecule has 25 heavy (non-hydrogen) atoms. The molecule has 1 aliphatic rings. The Hall–Kier alpha value is -2.19. The first-order chi connectivity index (χ1) is 12.0.